The molecule has 10 heteroatoms. The number of benzene rings is 2. The number of methoxy groups -OCH3 is 2. The number of nitrogens with zero attached hydrogens (tertiary/aromatic N) is 3. The number of piperazine rings is 1. The third-order valence-electron chi connectivity index (χ3n) is 5.42. The van der Waals surface area contributed by atoms with E-state index >= 15 is 0 Å². The van der Waals surface area contributed by atoms with Crippen LogP contribution in [-0.4, -0.2) is 71.3 Å². The van der Waals surface area contributed by atoms with Crippen molar-refractivity contribution < 1.29 is 23.9 Å². The van der Waals surface area contributed by atoms with Gasteiger partial charge in [0.2, 0.25) is 11.8 Å². The van der Waals surface area contributed by atoms with Gasteiger partial charge in [0.15, 0.2) is 5.16 Å². The second-order valence-corrected chi connectivity index (χ2v) is 8.32. The van der Waals surface area contributed by atoms with Crippen molar-refractivity contribution >= 4 is 40.6 Å². The third-order valence-corrected chi connectivity index (χ3v) is 6.35. The SMILES string of the molecule is COC(=O)CC1C(=O)NCCN1C(=O)CSc1nc2ccccc2n1-c1ccc(OC)cc1. The molecular formula is C23H24N4O5S. The summed E-state index contributed by atoms with van der Waals surface area (Å²) in [7, 11) is 2.87. The maximum Gasteiger partial charge on any atom is 0.308 e. The number of aromatic nitrogens is 2. The zero-order chi connectivity index (χ0) is 23.4. The van der Waals surface area contributed by atoms with E-state index in [0.717, 1.165) is 22.5 Å². The number of para-hydroxylation sites is 2. The molecule has 0 radical (unpaired) electrons. The summed E-state index contributed by atoms with van der Waals surface area (Å²) in [4.78, 5) is 43.3. The Labute approximate surface area is 195 Å². The fourth-order valence-electron chi connectivity index (χ4n) is 3.75. The highest BCUT2D eigenvalue weighted by molar-refractivity contribution is 7.99. The number of imidazole rings is 1. The van der Waals surface area contributed by atoms with Crippen molar-refractivity contribution in [2.75, 3.05) is 33.1 Å². The summed E-state index contributed by atoms with van der Waals surface area (Å²) < 4.78 is 11.9. The van der Waals surface area contributed by atoms with E-state index < -0.39 is 12.0 Å². The van der Waals surface area contributed by atoms with Gasteiger partial charge in [0, 0.05) is 18.8 Å². The summed E-state index contributed by atoms with van der Waals surface area (Å²) in [6, 6.07) is 14.5. The fraction of sp³-hybridized carbons (Fsp3) is 0.304. The Hall–Kier alpha value is -3.53. The maximum absolute atomic E-state index is 13.1. The van der Waals surface area contributed by atoms with Crippen molar-refractivity contribution in [1.29, 1.82) is 0 Å². The molecule has 0 spiro atoms. The van der Waals surface area contributed by atoms with Gasteiger partial charge in [0.25, 0.3) is 0 Å². The Balaban J connectivity index is 1.58. The van der Waals surface area contributed by atoms with E-state index in [1.54, 1.807) is 7.11 Å². The Kier molecular flexibility index (Phi) is 6.83. The van der Waals surface area contributed by atoms with Crippen LogP contribution in [0.15, 0.2) is 53.7 Å². The molecule has 1 N–H and O–H groups in total. The van der Waals surface area contributed by atoms with Crippen molar-refractivity contribution in [3.63, 3.8) is 0 Å². The number of nitrogens with one attached hydrogen (secondary N) is 1. The standard InChI is InChI=1S/C23H24N4O5S/c1-31-16-9-7-15(8-10-16)27-18-6-4-3-5-17(18)25-23(27)33-14-20(28)26-12-11-24-22(30)19(26)13-21(29)32-2/h3-10,19H,11-14H2,1-2H3,(H,24,30). The van der Waals surface area contributed by atoms with Crippen molar-refractivity contribution in [3.8, 4) is 11.4 Å². The summed E-state index contributed by atoms with van der Waals surface area (Å²) in [5, 5.41) is 3.36. The first-order chi connectivity index (χ1) is 16.0. The smallest absolute Gasteiger partial charge is 0.308 e. The van der Waals surface area contributed by atoms with Crippen LogP contribution in [0.5, 0.6) is 5.75 Å². The van der Waals surface area contributed by atoms with Gasteiger partial charge in [-0.1, -0.05) is 23.9 Å². The molecule has 0 aliphatic carbocycles. The Morgan fingerprint density at radius 3 is 2.64 bits per heavy atom. The van der Waals surface area contributed by atoms with Gasteiger partial charge in [-0.25, -0.2) is 4.98 Å². The number of carbonyl (C=O) groups is 3. The minimum atomic E-state index is -0.875. The number of rotatable bonds is 7. The van der Waals surface area contributed by atoms with Gasteiger partial charge < -0.3 is 19.7 Å². The van der Waals surface area contributed by atoms with Crippen molar-refractivity contribution in [1.82, 2.24) is 19.8 Å². The Morgan fingerprint density at radius 2 is 1.91 bits per heavy atom. The monoisotopic (exact) mass is 468 g/mol. The molecule has 1 unspecified atom stereocenters. The van der Waals surface area contributed by atoms with E-state index in [1.165, 1.54) is 23.8 Å². The van der Waals surface area contributed by atoms with Crippen LogP contribution >= 0.6 is 11.8 Å². The molecule has 2 aromatic carbocycles. The summed E-state index contributed by atoms with van der Waals surface area (Å²) in [6.45, 7) is 0.680. The van der Waals surface area contributed by atoms with Crippen LogP contribution in [0.4, 0.5) is 0 Å². The maximum atomic E-state index is 13.1. The molecule has 0 bridgehead atoms. The molecule has 0 saturated carbocycles. The first-order valence-electron chi connectivity index (χ1n) is 10.4. The van der Waals surface area contributed by atoms with E-state index in [4.69, 9.17) is 9.72 Å². The van der Waals surface area contributed by atoms with Gasteiger partial charge in [-0.15, -0.1) is 0 Å². The molecule has 33 heavy (non-hydrogen) atoms. The second-order valence-electron chi connectivity index (χ2n) is 7.38. The first kappa shape index (κ1) is 22.7. The van der Waals surface area contributed by atoms with Gasteiger partial charge >= 0.3 is 5.97 Å². The largest absolute Gasteiger partial charge is 0.497 e. The van der Waals surface area contributed by atoms with E-state index in [9.17, 15) is 14.4 Å². The highest BCUT2D eigenvalue weighted by Gasteiger charge is 2.35. The second kappa shape index (κ2) is 9.95. The molecule has 172 valence electrons. The van der Waals surface area contributed by atoms with Gasteiger partial charge in [0.1, 0.15) is 11.8 Å². The average molecular weight is 469 g/mol. The van der Waals surface area contributed by atoms with Gasteiger partial charge in [-0.05, 0) is 36.4 Å². The number of hydrogen-bond acceptors (Lipinski definition) is 7. The molecule has 1 atom stereocenters. The topological polar surface area (TPSA) is 103 Å². The summed E-state index contributed by atoms with van der Waals surface area (Å²) in [5.74, 6) is -0.311. The summed E-state index contributed by atoms with van der Waals surface area (Å²) >= 11 is 1.29. The lowest BCUT2D eigenvalue weighted by molar-refractivity contribution is -0.149. The lowest BCUT2D eigenvalue weighted by Gasteiger charge is -2.34. The van der Waals surface area contributed by atoms with Crippen molar-refractivity contribution in [3.05, 3.63) is 48.5 Å². The molecule has 1 aromatic heterocycles. The molecular weight excluding hydrogens is 444 g/mol. The quantitative estimate of drug-likeness (QED) is 0.418. The van der Waals surface area contributed by atoms with Crippen LogP contribution in [-0.2, 0) is 19.1 Å². The molecule has 1 aliphatic heterocycles. The normalized spacial score (nSPS) is 15.9. The number of fused-ring (bicyclic) bond motifs is 1. The van der Waals surface area contributed by atoms with Crippen LogP contribution < -0.4 is 10.1 Å². The predicted octanol–water partition coefficient (Wildman–Crippen LogP) is 2.02. The van der Waals surface area contributed by atoms with Crippen molar-refractivity contribution in [2.45, 2.75) is 17.6 Å². The van der Waals surface area contributed by atoms with Crippen LogP contribution in [0.2, 0.25) is 0 Å². The van der Waals surface area contributed by atoms with Crippen molar-refractivity contribution in [2.24, 2.45) is 0 Å². The number of esters is 1. The molecule has 3 aromatic rings. The lowest BCUT2D eigenvalue weighted by atomic mass is 10.1. The van der Waals surface area contributed by atoms with E-state index in [-0.39, 0.29) is 24.0 Å². The van der Waals surface area contributed by atoms with Crippen LogP contribution in [0, 0.1) is 0 Å². The molecule has 9 nitrogen and oxygen atoms in total. The van der Waals surface area contributed by atoms with E-state index in [0.29, 0.717) is 18.2 Å². The molecule has 1 aliphatic rings. The Bertz CT molecular complexity index is 1180. The number of hydrogen-bond donors (Lipinski definition) is 1. The average Bonchev–Trinajstić information content (AvgIpc) is 3.22. The number of amides is 2. The van der Waals surface area contributed by atoms with Crippen LogP contribution in [0.3, 0.4) is 0 Å². The van der Waals surface area contributed by atoms with E-state index in [2.05, 4.69) is 10.1 Å². The summed E-state index contributed by atoms with van der Waals surface area (Å²) in [6.07, 6.45) is -0.177. The predicted molar refractivity (Wildman–Crippen MR) is 123 cm³/mol. The minimum Gasteiger partial charge on any atom is -0.497 e. The lowest BCUT2D eigenvalue weighted by Crippen LogP contribution is -2.58. The van der Waals surface area contributed by atoms with Gasteiger partial charge in [0.05, 0.1) is 37.4 Å². The molecule has 4 rings (SSSR count). The molecule has 1 saturated heterocycles. The zero-order valence-electron chi connectivity index (χ0n) is 18.3. The highest BCUT2D eigenvalue weighted by atomic mass is 32.2. The van der Waals surface area contributed by atoms with Crippen LogP contribution in [0.25, 0.3) is 16.7 Å². The number of carbonyl (C=O) groups excluding carboxylic acids is 3. The fourth-order valence-corrected chi connectivity index (χ4v) is 4.66. The van der Waals surface area contributed by atoms with E-state index in [1.807, 2.05) is 53.1 Å². The summed E-state index contributed by atoms with van der Waals surface area (Å²) in [5.41, 5.74) is 2.61. The molecule has 2 heterocycles. The molecule has 2 amide bonds. The minimum absolute atomic E-state index is 0.0738. The Morgan fingerprint density at radius 1 is 1.15 bits per heavy atom. The number of thioether (sulfide) groups is 1. The highest BCUT2D eigenvalue weighted by Crippen LogP contribution is 2.29. The zero-order valence-corrected chi connectivity index (χ0v) is 19.1. The molecule has 1 fully saturated rings. The van der Waals surface area contributed by atoms with Gasteiger partial charge in [-0.3, -0.25) is 19.0 Å². The van der Waals surface area contributed by atoms with Crippen LogP contribution in [0.1, 0.15) is 6.42 Å². The number of ether oxygens (including phenoxy) is 2. The van der Waals surface area contributed by atoms with Gasteiger partial charge in [-0.2, -0.15) is 0 Å². The third kappa shape index (κ3) is 4.80. The first-order valence-corrected chi connectivity index (χ1v) is 11.4.